The molecule has 3 heteroatoms. The van der Waals surface area contributed by atoms with Crippen molar-refractivity contribution in [1.82, 2.24) is 4.90 Å². The molecule has 1 aromatic carbocycles. The van der Waals surface area contributed by atoms with Crippen molar-refractivity contribution >= 4 is 11.7 Å². The van der Waals surface area contributed by atoms with E-state index < -0.39 is 11.7 Å². The van der Waals surface area contributed by atoms with E-state index in [2.05, 4.69) is 0 Å². The zero-order valence-corrected chi connectivity index (χ0v) is 8.57. The summed E-state index contributed by atoms with van der Waals surface area (Å²) in [5.41, 5.74) is 1.30. The average molecular weight is 191 g/mol. The molecule has 0 aliphatic carbocycles. The van der Waals surface area contributed by atoms with E-state index in [1.807, 2.05) is 19.1 Å². The first kappa shape index (κ1) is 10.4. The smallest absolute Gasteiger partial charge is 0.294 e. The molecule has 0 N–H and O–H groups in total. The molecule has 3 nitrogen and oxygen atoms in total. The van der Waals surface area contributed by atoms with E-state index in [0.29, 0.717) is 5.56 Å². The predicted molar refractivity (Wildman–Crippen MR) is 54.2 cm³/mol. The summed E-state index contributed by atoms with van der Waals surface area (Å²) in [5, 5.41) is 0. The van der Waals surface area contributed by atoms with E-state index in [9.17, 15) is 9.59 Å². The van der Waals surface area contributed by atoms with Gasteiger partial charge in [0.05, 0.1) is 0 Å². The van der Waals surface area contributed by atoms with E-state index in [4.69, 9.17) is 0 Å². The molecule has 0 spiro atoms. The lowest BCUT2D eigenvalue weighted by molar-refractivity contribution is -0.124. The molecule has 0 aliphatic rings. The monoisotopic (exact) mass is 191 g/mol. The van der Waals surface area contributed by atoms with Gasteiger partial charge in [0.15, 0.2) is 0 Å². The van der Waals surface area contributed by atoms with Gasteiger partial charge in [0, 0.05) is 19.7 Å². The number of aryl methyl sites for hydroxylation is 1. The van der Waals surface area contributed by atoms with Crippen LogP contribution in [0.3, 0.4) is 0 Å². The minimum atomic E-state index is -0.487. The minimum absolute atomic E-state index is 0.451. The third-order valence-electron chi connectivity index (χ3n) is 1.99. The number of hydrogen-bond acceptors (Lipinski definition) is 2. The van der Waals surface area contributed by atoms with Gasteiger partial charge in [-0.25, -0.2) is 0 Å². The summed E-state index contributed by atoms with van der Waals surface area (Å²) in [6.07, 6.45) is 0. The highest BCUT2D eigenvalue weighted by Crippen LogP contribution is 2.08. The molecule has 14 heavy (non-hydrogen) atoms. The molecule has 1 rings (SSSR count). The normalized spacial score (nSPS) is 9.64. The molecule has 1 aromatic rings. The fourth-order valence-corrected chi connectivity index (χ4v) is 1.15. The third kappa shape index (κ3) is 1.99. The van der Waals surface area contributed by atoms with Crippen LogP contribution in [0.25, 0.3) is 0 Å². The molecule has 0 aromatic heterocycles. The van der Waals surface area contributed by atoms with Crippen LogP contribution >= 0.6 is 0 Å². The standard InChI is InChI=1S/C11H13NO2/c1-8-6-4-5-7-9(8)10(13)11(14)12(2)3/h4-7H,1-3H3. The van der Waals surface area contributed by atoms with Gasteiger partial charge in [-0.1, -0.05) is 24.3 Å². The van der Waals surface area contributed by atoms with Crippen LogP contribution in [0.4, 0.5) is 0 Å². The Morgan fingerprint density at radius 1 is 1.14 bits per heavy atom. The van der Waals surface area contributed by atoms with Gasteiger partial charge in [0.2, 0.25) is 0 Å². The van der Waals surface area contributed by atoms with Gasteiger partial charge >= 0.3 is 0 Å². The predicted octanol–water partition coefficient (Wildman–Crippen LogP) is 1.27. The van der Waals surface area contributed by atoms with Crippen LogP contribution in [0.2, 0.25) is 0 Å². The highest BCUT2D eigenvalue weighted by atomic mass is 16.2. The lowest BCUT2D eigenvalue weighted by Crippen LogP contribution is -2.30. The lowest BCUT2D eigenvalue weighted by Gasteiger charge is -2.09. The number of rotatable bonds is 2. The average Bonchev–Trinajstić information content (AvgIpc) is 2.16. The zero-order valence-electron chi connectivity index (χ0n) is 8.57. The van der Waals surface area contributed by atoms with Crippen LogP contribution in [0.15, 0.2) is 24.3 Å². The Morgan fingerprint density at radius 3 is 2.21 bits per heavy atom. The molecule has 0 saturated heterocycles. The van der Waals surface area contributed by atoms with Crippen LogP contribution in [0, 0.1) is 6.92 Å². The van der Waals surface area contributed by atoms with Crippen molar-refractivity contribution in [3.8, 4) is 0 Å². The zero-order chi connectivity index (χ0) is 10.7. The van der Waals surface area contributed by atoms with E-state index in [0.717, 1.165) is 5.56 Å². The maximum Gasteiger partial charge on any atom is 0.294 e. The summed E-state index contributed by atoms with van der Waals surface area (Å²) in [7, 11) is 3.14. The number of Topliss-reactive ketones (excluding diaryl/α,β-unsaturated/α-hetero) is 1. The highest BCUT2D eigenvalue weighted by molar-refractivity contribution is 6.42. The summed E-state index contributed by atoms with van der Waals surface area (Å²) >= 11 is 0. The van der Waals surface area contributed by atoms with Crippen LogP contribution in [-0.2, 0) is 4.79 Å². The number of carbonyl (C=O) groups excluding carboxylic acids is 2. The second kappa shape index (κ2) is 4.05. The second-order valence-electron chi connectivity index (χ2n) is 3.34. The van der Waals surface area contributed by atoms with Gasteiger partial charge in [-0.2, -0.15) is 0 Å². The third-order valence-corrected chi connectivity index (χ3v) is 1.99. The van der Waals surface area contributed by atoms with Crippen molar-refractivity contribution in [2.24, 2.45) is 0 Å². The summed E-state index contributed by atoms with van der Waals surface area (Å²) in [6, 6.07) is 7.07. The van der Waals surface area contributed by atoms with Gasteiger partial charge in [-0.3, -0.25) is 9.59 Å². The Labute approximate surface area is 83.3 Å². The summed E-state index contributed by atoms with van der Waals surface area (Å²) < 4.78 is 0. The highest BCUT2D eigenvalue weighted by Gasteiger charge is 2.18. The molecule has 0 atom stereocenters. The molecule has 0 saturated carbocycles. The second-order valence-corrected chi connectivity index (χ2v) is 3.34. The SMILES string of the molecule is Cc1ccccc1C(=O)C(=O)N(C)C. The quantitative estimate of drug-likeness (QED) is 0.521. The molecule has 74 valence electrons. The topological polar surface area (TPSA) is 37.4 Å². The van der Waals surface area contributed by atoms with Crippen molar-refractivity contribution in [3.05, 3.63) is 35.4 Å². The molecule has 0 unspecified atom stereocenters. The van der Waals surface area contributed by atoms with Gasteiger partial charge < -0.3 is 4.90 Å². The number of ketones is 1. The maximum absolute atomic E-state index is 11.6. The largest absolute Gasteiger partial charge is 0.342 e. The van der Waals surface area contributed by atoms with Crippen LogP contribution in [-0.4, -0.2) is 30.7 Å². The van der Waals surface area contributed by atoms with E-state index in [1.165, 1.54) is 4.90 Å². The Morgan fingerprint density at radius 2 is 1.71 bits per heavy atom. The van der Waals surface area contributed by atoms with Crippen molar-refractivity contribution in [2.45, 2.75) is 6.92 Å². The first-order valence-corrected chi connectivity index (χ1v) is 4.35. The summed E-state index contributed by atoms with van der Waals surface area (Å²) in [4.78, 5) is 24.3. The van der Waals surface area contributed by atoms with Gasteiger partial charge in [0.25, 0.3) is 11.7 Å². The van der Waals surface area contributed by atoms with E-state index in [-0.39, 0.29) is 0 Å². The van der Waals surface area contributed by atoms with Crippen LogP contribution < -0.4 is 0 Å². The number of carbonyl (C=O) groups is 2. The molecular formula is C11H13NO2. The molecular weight excluding hydrogens is 178 g/mol. The Kier molecular flexibility index (Phi) is 3.02. The molecule has 0 fully saturated rings. The summed E-state index contributed by atoms with van der Waals surface area (Å²) in [6.45, 7) is 1.82. The maximum atomic E-state index is 11.6. The molecule has 0 aliphatic heterocycles. The van der Waals surface area contributed by atoms with Gasteiger partial charge in [0.1, 0.15) is 0 Å². The number of nitrogens with zero attached hydrogens (tertiary/aromatic N) is 1. The first-order valence-electron chi connectivity index (χ1n) is 4.35. The Balaban J connectivity index is 3.02. The van der Waals surface area contributed by atoms with Crippen LogP contribution in [0.5, 0.6) is 0 Å². The Bertz CT molecular complexity index is 369. The fraction of sp³-hybridized carbons (Fsp3) is 0.273. The first-order chi connectivity index (χ1) is 6.54. The Hall–Kier alpha value is -1.64. The van der Waals surface area contributed by atoms with Crippen molar-refractivity contribution < 1.29 is 9.59 Å². The van der Waals surface area contributed by atoms with Crippen LogP contribution in [0.1, 0.15) is 15.9 Å². The van der Waals surface area contributed by atoms with Crippen molar-refractivity contribution in [3.63, 3.8) is 0 Å². The van der Waals surface area contributed by atoms with E-state index in [1.54, 1.807) is 26.2 Å². The molecule has 0 bridgehead atoms. The van der Waals surface area contributed by atoms with E-state index >= 15 is 0 Å². The molecule has 1 amide bonds. The number of benzene rings is 1. The minimum Gasteiger partial charge on any atom is -0.342 e. The number of amides is 1. The molecule has 0 heterocycles. The van der Waals surface area contributed by atoms with Gasteiger partial charge in [-0.05, 0) is 12.5 Å². The number of likely N-dealkylation sites (N-methyl/N-ethyl adjacent to an activating group) is 1. The number of hydrogen-bond donors (Lipinski definition) is 0. The fourth-order valence-electron chi connectivity index (χ4n) is 1.15. The van der Waals surface area contributed by atoms with Crippen molar-refractivity contribution in [2.75, 3.05) is 14.1 Å². The molecule has 0 radical (unpaired) electrons. The van der Waals surface area contributed by atoms with Gasteiger partial charge in [-0.15, -0.1) is 0 Å². The van der Waals surface area contributed by atoms with Crippen molar-refractivity contribution in [1.29, 1.82) is 0 Å². The lowest BCUT2D eigenvalue weighted by atomic mass is 10.0. The summed E-state index contributed by atoms with van der Waals surface area (Å²) in [5.74, 6) is -0.938.